The van der Waals surface area contributed by atoms with Crippen molar-refractivity contribution in [3.63, 3.8) is 0 Å². The second kappa shape index (κ2) is 7.01. The molecule has 0 fully saturated rings. The highest BCUT2D eigenvalue weighted by Crippen LogP contribution is 2.24. The molecule has 1 aromatic rings. The smallest absolute Gasteiger partial charge is 0.0838 e. The minimum absolute atomic E-state index is 0.0306. The third-order valence-corrected chi connectivity index (χ3v) is 5.17. The topological polar surface area (TPSA) is 26.3 Å². The number of hydrogen-bond acceptors (Lipinski definition) is 2. The molecule has 104 valence electrons. The summed E-state index contributed by atoms with van der Waals surface area (Å²) in [5.74, 6) is 0. The first-order chi connectivity index (χ1) is 9.22. The molecule has 2 nitrogen and oxygen atoms in total. The summed E-state index contributed by atoms with van der Waals surface area (Å²) in [6, 6.07) is 7.98. The molecule has 0 radical (unpaired) electrons. The lowest BCUT2D eigenvalue weighted by Crippen LogP contribution is -2.28. The van der Waals surface area contributed by atoms with Gasteiger partial charge in [-0.05, 0) is 31.9 Å². The Balaban J connectivity index is 2.14. The van der Waals surface area contributed by atoms with E-state index in [0.29, 0.717) is 13.2 Å². The lowest BCUT2D eigenvalue weighted by atomic mass is 10.0. The average molecular weight is 278 g/mol. The van der Waals surface area contributed by atoms with Gasteiger partial charge in [-0.25, -0.2) is 0 Å². The van der Waals surface area contributed by atoms with Crippen molar-refractivity contribution in [2.24, 2.45) is 0 Å². The van der Waals surface area contributed by atoms with Crippen LogP contribution in [0.25, 0.3) is 0 Å². The Morgan fingerprint density at radius 1 is 1.32 bits per heavy atom. The lowest BCUT2D eigenvalue weighted by molar-refractivity contribution is 0.156. The van der Waals surface area contributed by atoms with E-state index in [1.807, 2.05) is 31.2 Å². The van der Waals surface area contributed by atoms with E-state index >= 15 is 0 Å². The molecule has 19 heavy (non-hydrogen) atoms. The summed E-state index contributed by atoms with van der Waals surface area (Å²) in [7, 11) is -1.00. The van der Waals surface area contributed by atoms with Crippen LogP contribution in [0.1, 0.15) is 31.7 Å². The third-order valence-electron chi connectivity index (χ3n) is 3.48. The number of rotatable bonds is 5. The maximum atomic E-state index is 12.7. The monoisotopic (exact) mass is 278 g/mol. The Morgan fingerprint density at radius 2 is 2.05 bits per heavy atom. The van der Waals surface area contributed by atoms with Crippen molar-refractivity contribution in [3.8, 4) is 0 Å². The van der Waals surface area contributed by atoms with Gasteiger partial charge in [0.05, 0.1) is 29.3 Å². The summed E-state index contributed by atoms with van der Waals surface area (Å²) < 4.78 is 18.2. The van der Waals surface area contributed by atoms with Crippen molar-refractivity contribution in [2.45, 2.75) is 43.3 Å². The number of ether oxygens (including phenoxy) is 1. The van der Waals surface area contributed by atoms with E-state index in [4.69, 9.17) is 4.74 Å². The van der Waals surface area contributed by atoms with E-state index in [9.17, 15) is 4.21 Å². The molecule has 0 unspecified atom stereocenters. The SMILES string of the molecule is CCCCC1=CCOC[C@@H]1[S@@](=O)c1ccc(C)cc1. The number of aryl methyl sites for hydroxylation is 1. The second-order valence-electron chi connectivity index (χ2n) is 5.02. The van der Waals surface area contributed by atoms with E-state index in [1.165, 1.54) is 17.6 Å². The van der Waals surface area contributed by atoms with Crippen molar-refractivity contribution in [1.29, 1.82) is 0 Å². The summed E-state index contributed by atoms with van der Waals surface area (Å²) >= 11 is 0. The van der Waals surface area contributed by atoms with Crippen molar-refractivity contribution >= 4 is 10.8 Å². The predicted molar refractivity (Wildman–Crippen MR) is 79.8 cm³/mol. The van der Waals surface area contributed by atoms with Crippen LogP contribution in [0.4, 0.5) is 0 Å². The third kappa shape index (κ3) is 3.77. The zero-order chi connectivity index (χ0) is 13.7. The molecule has 1 aliphatic heterocycles. The van der Waals surface area contributed by atoms with Gasteiger partial charge in [0, 0.05) is 4.90 Å². The molecule has 0 spiro atoms. The fourth-order valence-corrected chi connectivity index (χ4v) is 3.70. The largest absolute Gasteiger partial charge is 0.376 e. The van der Waals surface area contributed by atoms with Gasteiger partial charge >= 0.3 is 0 Å². The molecule has 2 atom stereocenters. The summed E-state index contributed by atoms with van der Waals surface area (Å²) in [5.41, 5.74) is 2.51. The Morgan fingerprint density at radius 3 is 2.74 bits per heavy atom. The maximum absolute atomic E-state index is 12.7. The van der Waals surface area contributed by atoms with Crippen molar-refractivity contribution in [1.82, 2.24) is 0 Å². The van der Waals surface area contributed by atoms with Gasteiger partial charge in [0.2, 0.25) is 0 Å². The van der Waals surface area contributed by atoms with Crippen LogP contribution in [0.15, 0.2) is 40.8 Å². The standard InChI is InChI=1S/C16H22O2S/c1-3-4-5-14-10-11-18-12-16(14)19(17)15-8-6-13(2)7-9-15/h6-10,16H,3-5,11-12H2,1-2H3/t16-,19-/m0/s1. The van der Waals surface area contributed by atoms with Gasteiger partial charge in [-0.15, -0.1) is 0 Å². The Kier molecular flexibility index (Phi) is 5.34. The van der Waals surface area contributed by atoms with Crippen LogP contribution in [0.5, 0.6) is 0 Å². The number of benzene rings is 1. The number of unbranched alkanes of at least 4 members (excludes halogenated alkanes) is 1. The van der Waals surface area contributed by atoms with Crippen LogP contribution in [0, 0.1) is 6.92 Å². The summed E-state index contributed by atoms with van der Waals surface area (Å²) in [6.07, 6.45) is 5.49. The van der Waals surface area contributed by atoms with E-state index in [-0.39, 0.29) is 5.25 Å². The van der Waals surface area contributed by atoms with Crippen LogP contribution in [0.2, 0.25) is 0 Å². The van der Waals surface area contributed by atoms with Crippen LogP contribution >= 0.6 is 0 Å². The highest BCUT2D eigenvalue weighted by atomic mass is 32.2. The Bertz CT molecular complexity index is 462. The minimum Gasteiger partial charge on any atom is -0.376 e. The average Bonchev–Trinajstić information content (AvgIpc) is 2.45. The molecule has 2 rings (SSSR count). The molecule has 3 heteroatoms. The van der Waals surface area contributed by atoms with Gasteiger partial charge < -0.3 is 4.74 Å². The zero-order valence-corrected chi connectivity index (χ0v) is 12.5. The molecule has 0 saturated heterocycles. The maximum Gasteiger partial charge on any atom is 0.0838 e. The first-order valence-electron chi connectivity index (χ1n) is 6.96. The molecule has 0 aliphatic carbocycles. The molecule has 1 aliphatic rings. The van der Waals surface area contributed by atoms with Crippen LogP contribution in [0.3, 0.4) is 0 Å². The highest BCUT2D eigenvalue weighted by Gasteiger charge is 2.25. The molecule has 0 amide bonds. The molecular weight excluding hydrogens is 256 g/mol. The first-order valence-corrected chi connectivity index (χ1v) is 8.17. The van der Waals surface area contributed by atoms with E-state index in [0.717, 1.165) is 17.7 Å². The fourth-order valence-electron chi connectivity index (χ4n) is 2.26. The normalized spacial score (nSPS) is 20.9. The molecule has 0 saturated carbocycles. The predicted octanol–water partition coefficient (Wildman–Crippen LogP) is 3.62. The van der Waals surface area contributed by atoms with Gasteiger partial charge in [-0.3, -0.25) is 4.21 Å². The summed E-state index contributed by atoms with van der Waals surface area (Å²) in [6.45, 7) is 5.48. The van der Waals surface area contributed by atoms with Gasteiger partial charge in [0.25, 0.3) is 0 Å². The molecular formula is C16H22O2S. The fraction of sp³-hybridized carbons (Fsp3) is 0.500. The summed E-state index contributed by atoms with van der Waals surface area (Å²) in [4.78, 5) is 0.906. The van der Waals surface area contributed by atoms with Crippen LogP contribution in [-0.4, -0.2) is 22.7 Å². The van der Waals surface area contributed by atoms with Crippen molar-refractivity contribution < 1.29 is 8.95 Å². The van der Waals surface area contributed by atoms with Crippen molar-refractivity contribution in [2.75, 3.05) is 13.2 Å². The lowest BCUT2D eigenvalue weighted by Gasteiger charge is -2.24. The van der Waals surface area contributed by atoms with Gasteiger partial charge in [-0.2, -0.15) is 0 Å². The van der Waals surface area contributed by atoms with E-state index < -0.39 is 10.8 Å². The quantitative estimate of drug-likeness (QED) is 0.769. The first kappa shape index (κ1) is 14.5. The second-order valence-corrected chi connectivity index (χ2v) is 6.65. The van der Waals surface area contributed by atoms with Gasteiger partial charge in [-0.1, -0.05) is 42.7 Å². The van der Waals surface area contributed by atoms with Crippen molar-refractivity contribution in [3.05, 3.63) is 41.5 Å². The Labute approximate surface area is 118 Å². The highest BCUT2D eigenvalue weighted by molar-refractivity contribution is 7.86. The molecule has 0 aromatic heterocycles. The molecule has 1 heterocycles. The van der Waals surface area contributed by atoms with Gasteiger partial charge in [0.1, 0.15) is 0 Å². The zero-order valence-electron chi connectivity index (χ0n) is 11.7. The number of hydrogen-bond donors (Lipinski definition) is 0. The molecule has 0 N–H and O–H groups in total. The molecule has 1 aromatic carbocycles. The minimum atomic E-state index is -1.00. The summed E-state index contributed by atoms with van der Waals surface area (Å²) in [5, 5.41) is 0.0306. The van der Waals surface area contributed by atoms with E-state index in [1.54, 1.807) is 0 Å². The molecule has 0 bridgehead atoms. The van der Waals surface area contributed by atoms with Crippen LogP contribution < -0.4 is 0 Å². The van der Waals surface area contributed by atoms with Gasteiger partial charge in [0.15, 0.2) is 0 Å². The Hall–Kier alpha value is -0.930. The van der Waals surface area contributed by atoms with E-state index in [2.05, 4.69) is 13.0 Å². The van der Waals surface area contributed by atoms with Crippen LogP contribution in [-0.2, 0) is 15.5 Å².